The second kappa shape index (κ2) is 9.45. The van der Waals surface area contributed by atoms with Crippen molar-refractivity contribution in [3.05, 3.63) is 118 Å². The first kappa shape index (κ1) is 21.3. The molecule has 0 saturated carbocycles. The van der Waals surface area contributed by atoms with Crippen LogP contribution in [-0.2, 0) is 16.0 Å². The standard InChI is InChI=1S/C26H20ClN3O2/c1-2-19-8-6-7-11-21(19)17-23-26(32)30(25(28-23)20-9-4-3-5-10-20)29-24(31)16-18-12-14-22(27)15-13-18/h2-15,17H,1,16H2,(H,29,31)/b23-17-. The molecule has 1 N–H and O–H groups in total. The molecular weight excluding hydrogens is 422 g/mol. The molecule has 0 bridgehead atoms. The Morgan fingerprint density at radius 2 is 1.62 bits per heavy atom. The molecule has 3 aromatic rings. The van der Waals surface area contributed by atoms with Gasteiger partial charge in [-0.3, -0.25) is 15.0 Å². The van der Waals surface area contributed by atoms with E-state index in [1.54, 1.807) is 36.4 Å². The number of nitrogens with zero attached hydrogens (tertiary/aromatic N) is 2. The number of aliphatic imine (C=N–C) groups is 1. The van der Waals surface area contributed by atoms with Gasteiger partial charge in [-0.1, -0.05) is 91.0 Å². The molecule has 0 atom stereocenters. The van der Waals surface area contributed by atoms with E-state index in [1.807, 2.05) is 54.6 Å². The highest BCUT2D eigenvalue weighted by Gasteiger charge is 2.32. The summed E-state index contributed by atoms with van der Waals surface area (Å²) < 4.78 is 0. The molecule has 158 valence electrons. The summed E-state index contributed by atoms with van der Waals surface area (Å²) in [6.07, 6.45) is 3.52. The second-order valence-electron chi connectivity index (χ2n) is 7.14. The molecule has 0 radical (unpaired) electrons. The molecule has 0 aromatic heterocycles. The summed E-state index contributed by atoms with van der Waals surface area (Å²) in [5.74, 6) is -0.383. The molecule has 3 aromatic carbocycles. The number of benzene rings is 3. The maximum Gasteiger partial charge on any atom is 0.297 e. The highest BCUT2D eigenvalue weighted by molar-refractivity contribution is 6.30. The van der Waals surface area contributed by atoms with E-state index in [-0.39, 0.29) is 18.0 Å². The zero-order valence-electron chi connectivity index (χ0n) is 17.2. The van der Waals surface area contributed by atoms with Crippen molar-refractivity contribution < 1.29 is 9.59 Å². The highest BCUT2D eigenvalue weighted by atomic mass is 35.5. The lowest BCUT2D eigenvalue weighted by atomic mass is 10.1. The number of rotatable bonds is 6. The Balaban J connectivity index is 1.64. The first-order valence-corrected chi connectivity index (χ1v) is 10.4. The number of hydrogen-bond donors (Lipinski definition) is 1. The third-order valence-corrected chi connectivity index (χ3v) is 5.17. The minimum atomic E-state index is -0.410. The summed E-state index contributed by atoms with van der Waals surface area (Å²) in [6, 6.07) is 23.8. The van der Waals surface area contributed by atoms with Crippen LogP contribution >= 0.6 is 11.6 Å². The van der Waals surface area contributed by atoms with E-state index in [0.29, 0.717) is 16.4 Å². The fourth-order valence-electron chi connectivity index (χ4n) is 3.33. The van der Waals surface area contributed by atoms with Crippen LogP contribution in [0, 0.1) is 0 Å². The largest absolute Gasteiger partial charge is 0.297 e. The summed E-state index contributed by atoms with van der Waals surface area (Å²) in [5.41, 5.74) is 6.13. The molecule has 4 rings (SSSR count). The number of hydrogen-bond acceptors (Lipinski definition) is 3. The first-order valence-electron chi connectivity index (χ1n) is 10.0. The van der Waals surface area contributed by atoms with E-state index >= 15 is 0 Å². The van der Waals surface area contributed by atoms with Gasteiger partial charge < -0.3 is 0 Å². The normalized spacial score (nSPS) is 14.4. The molecular formula is C26H20ClN3O2. The van der Waals surface area contributed by atoms with E-state index < -0.39 is 5.91 Å². The van der Waals surface area contributed by atoms with Crippen LogP contribution in [0.2, 0.25) is 5.02 Å². The van der Waals surface area contributed by atoms with Gasteiger partial charge in [0.1, 0.15) is 5.70 Å². The Kier molecular flexibility index (Phi) is 6.29. The van der Waals surface area contributed by atoms with Gasteiger partial charge >= 0.3 is 0 Å². The van der Waals surface area contributed by atoms with Gasteiger partial charge in [-0.15, -0.1) is 0 Å². The van der Waals surface area contributed by atoms with Gasteiger partial charge in [0.25, 0.3) is 5.91 Å². The lowest BCUT2D eigenvalue weighted by Crippen LogP contribution is -2.48. The number of amidine groups is 1. The minimum absolute atomic E-state index is 0.0986. The molecule has 1 heterocycles. The molecule has 2 amide bonds. The average Bonchev–Trinajstić information content (AvgIpc) is 3.11. The van der Waals surface area contributed by atoms with Crippen LogP contribution in [0.1, 0.15) is 22.3 Å². The van der Waals surface area contributed by atoms with E-state index in [1.165, 1.54) is 5.01 Å². The van der Waals surface area contributed by atoms with Crippen molar-refractivity contribution in [2.75, 3.05) is 0 Å². The molecule has 1 aliphatic heterocycles. The molecule has 0 spiro atoms. The molecule has 0 aliphatic carbocycles. The Morgan fingerprint density at radius 1 is 0.969 bits per heavy atom. The maximum atomic E-state index is 13.2. The number of carbonyl (C=O) groups excluding carboxylic acids is 2. The quantitative estimate of drug-likeness (QED) is 0.554. The van der Waals surface area contributed by atoms with E-state index in [9.17, 15) is 9.59 Å². The fourth-order valence-corrected chi connectivity index (χ4v) is 3.45. The summed E-state index contributed by atoms with van der Waals surface area (Å²) in [6.45, 7) is 3.82. The van der Waals surface area contributed by atoms with Crippen LogP contribution in [0.4, 0.5) is 0 Å². The van der Waals surface area contributed by atoms with Crippen molar-refractivity contribution >= 4 is 41.4 Å². The van der Waals surface area contributed by atoms with Gasteiger partial charge in [-0.2, -0.15) is 5.01 Å². The van der Waals surface area contributed by atoms with Crippen LogP contribution in [0.3, 0.4) is 0 Å². The summed E-state index contributed by atoms with van der Waals surface area (Å²) >= 11 is 5.91. The van der Waals surface area contributed by atoms with E-state index in [2.05, 4.69) is 17.0 Å². The monoisotopic (exact) mass is 441 g/mol. The van der Waals surface area contributed by atoms with Gasteiger partial charge in [0, 0.05) is 10.6 Å². The zero-order valence-corrected chi connectivity index (χ0v) is 17.9. The minimum Gasteiger partial charge on any atom is -0.273 e. The Labute approximate surface area is 191 Å². The Hall–Kier alpha value is -3.96. The predicted molar refractivity (Wildman–Crippen MR) is 128 cm³/mol. The molecule has 0 saturated heterocycles. The summed E-state index contributed by atoms with van der Waals surface area (Å²) in [5, 5.41) is 1.80. The van der Waals surface area contributed by atoms with Crippen molar-refractivity contribution in [1.29, 1.82) is 0 Å². The number of nitrogens with one attached hydrogen (secondary N) is 1. The van der Waals surface area contributed by atoms with Crippen LogP contribution < -0.4 is 5.43 Å². The molecule has 1 aliphatic rings. The van der Waals surface area contributed by atoms with Crippen LogP contribution in [0.5, 0.6) is 0 Å². The van der Waals surface area contributed by atoms with E-state index in [0.717, 1.165) is 16.7 Å². The van der Waals surface area contributed by atoms with Crippen molar-refractivity contribution in [2.45, 2.75) is 6.42 Å². The summed E-state index contributed by atoms with van der Waals surface area (Å²) in [7, 11) is 0. The van der Waals surface area contributed by atoms with Crippen molar-refractivity contribution in [1.82, 2.24) is 10.4 Å². The van der Waals surface area contributed by atoms with Crippen molar-refractivity contribution in [3.8, 4) is 0 Å². The number of amides is 2. The van der Waals surface area contributed by atoms with E-state index in [4.69, 9.17) is 11.6 Å². The van der Waals surface area contributed by atoms with Gasteiger partial charge in [-0.25, -0.2) is 4.99 Å². The third kappa shape index (κ3) is 4.68. The maximum absolute atomic E-state index is 13.2. The predicted octanol–water partition coefficient (Wildman–Crippen LogP) is 4.89. The second-order valence-corrected chi connectivity index (χ2v) is 7.58. The number of carbonyl (C=O) groups is 2. The first-order chi connectivity index (χ1) is 15.5. The molecule has 32 heavy (non-hydrogen) atoms. The lowest BCUT2D eigenvalue weighted by molar-refractivity contribution is -0.133. The molecule has 0 fully saturated rings. The number of hydrazine groups is 1. The SMILES string of the molecule is C=Cc1ccccc1/C=C1\N=C(c2ccccc2)N(NC(=O)Cc2ccc(Cl)cc2)C1=O. The van der Waals surface area contributed by atoms with Gasteiger partial charge in [0.15, 0.2) is 5.84 Å². The van der Waals surface area contributed by atoms with Gasteiger partial charge in [-0.05, 0) is 34.9 Å². The van der Waals surface area contributed by atoms with Crippen LogP contribution in [0.25, 0.3) is 12.2 Å². The fraction of sp³-hybridized carbons (Fsp3) is 0.0385. The van der Waals surface area contributed by atoms with Crippen LogP contribution in [-0.4, -0.2) is 22.7 Å². The number of halogens is 1. The van der Waals surface area contributed by atoms with Crippen LogP contribution in [0.15, 0.2) is 96.1 Å². The smallest absolute Gasteiger partial charge is 0.273 e. The average molecular weight is 442 g/mol. The Bertz CT molecular complexity index is 1230. The topological polar surface area (TPSA) is 61.8 Å². The van der Waals surface area contributed by atoms with Crippen molar-refractivity contribution in [2.24, 2.45) is 4.99 Å². The third-order valence-electron chi connectivity index (χ3n) is 4.91. The highest BCUT2D eigenvalue weighted by Crippen LogP contribution is 2.23. The van der Waals surface area contributed by atoms with Crippen molar-refractivity contribution in [3.63, 3.8) is 0 Å². The lowest BCUT2D eigenvalue weighted by Gasteiger charge is -2.19. The molecule has 0 unspecified atom stereocenters. The van der Waals surface area contributed by atoms with Gasteiger partial charge in [0.05, 0.1) is 6.42 Å². The Morgan fingerprint density at radius 3 is 2.31 bits per heavy atom. The molecule has 5 nitrogen and oxygen atoms in total. The zero-order chi connectivity index (χ0) is 22.5. The van der Waals surface area contributed by atoms with Gasteiger partial charge in [0.2, 0.25) is 5.91 Å². The molecule has 6 heteroatoms. The summed E-state index contributed by atoms with van der Waals surface area (Å²) in [4.78, 5) is 30.5.